The van der Waals surface area contributed by atoms with Gasteiger partial charge in [-0.05, 0) is 88.3 Å². The lowest BCUT2D eigenvalue weighted by atomic mass is 9.91. The molecule has 2 unspecified atom stereocenters. The molecule has 7 amide bonds. The van der Waals surface area contributed by atoms with Crippen LogP contribution in [0.4, 0.5) is 8.63 Å². The Morgan fingerprint density at radius 1 is 0.742 bits per heavy atom. The second-order valence-corrected chi connectivity index (χ2v) is 29.2. The smallest absolute Gasteiger partial charge is 0.354 e. The normalized spacial score (nSPS) is 19.8. The van der Waals surface area contributed by atoms with Crippen molar-refractivity contribution in [2.45, 2.75) is 97.6 Å². The van der Waals surface area contributed by atoms with E-state index in [1.807, 2.05) is 0 Å². The molecule has 4 aromatic rings. The summed E-state index contributed by atoms with van der Waals surface area (Å²) >= 11 is 1.04. The van der Waals surface area contributed by atoms with Gasteiger partial charge in [-0.1, -0.05) is 18.6 Å². The molecule has 7 rings (SSSR count). The van der Waals surface area contributed by atoms with E-state index in [1.165, 1.54) is 38.1 Å². The van der Waals surface area contributed by atoms with Gasteiger partial charge in [0.05, 0.1) is 49.0 Å². The van der Waals surface area contributed by atoms with Crippen LogP contribution in [0.3, 0.4) is 0 Å². The summed E-state index contributed by atoms with van der Waals surface area (Å²) < 4.78 is 117. The van der Waals surface area contributed by atoms with E-state index in [4.69, 9.17) is 4.84 Å². The number of amides is 7. The van der Waals surface area contributed by atoms with Crippen molar-refractivity contribution in [2.75, 3.05) is 31.1 Å². The van der Waals surface area contributed by atoms with Crippen molar-refractivity contribution in [3.63, 3.8) is 0 Å². The number of allylic oxidation sites excluding steroid dienone is 2. The minimum atomic E-state index is -5.17. The van der Waals surface area contributed by atoms with Gasteiger partial charge in [0.2, 0.25) is 17.7 Å². The number of carbonyl (C=O) groups excluding carboxylic acids is 8. The molecule has 1 fully saturated rings. The summed E-state index contributed by atoms with van der Waals surface area (Å²) in [4.78, 5) is 153. The SMILES string of the molecule is CC1=C2C(C)=[N+](B(F)F)/C1=C(/c1ccc(C(=O)ON3C(=O)CCC3=O)cc1)c1c(C)c(c(C)n1C)-c1sc(P(=O)(O)O)cc1C(=O)NCCCCCC(=O)NC(CS(=O)(=O)O)C(=O)NC(C[SH](=O)=O)C(=O)NCCCCCNC(=O)c1cc(P(=O)(O)O)sc12. The number of hydrogen-bond donors (Lipinski definition) is 11. The third kappa shape index (κ3) is 16.4. The Bertz CT molecular complexity index is 3950. The van der Waals surface area contributed by atoms with Crippen LogP contribution in [0.15, 0.2) is 47.7 Å². The second kappa shape index (κ2) is 28.5. The van der Waals surface area contributed by atoms with Crippen molar-refractivity contribution in [1.82, 2.24) is 36.2 Å². The van der Waals surface area contributed by atoms with E-state index in [0.717, 1.165) is 12.1 Å². The van der Waals surface area contributed by atoms with Crippen LogP contribution in [0.25, 0.3) is 21.6 Å². The molecule has 3 aliphatic heterocycles. The average Bonchev–Trinajstić information content (AvgIpc) is 1.59. The zero-order valence-corrected chi connectivity index (χ0v) is 53.3. The van der Waals surface area contributed by atoms with Gasteiger partial charge in [-0.2, -0.15) is 8.42 Å². The summed E-state index contributed by atoms with van der Waals surface area (Å²) in [7, 11) is -20.4. The highest BCUT2D eigenvalue weighted by Gasteiger charge is 2.49. The van der Waals surface area contributed by atoms with Crippen molar-refractivity contribution >= 4 is 140 Å². The fourth-order valence-corrected chi connectivity index (χ4v) is 15.7. The van der Waals surface area contributed by atoms with E-state index >= 15 is 8.63 Å². The first-order chi connectivity index (χ1) is 41.6. The number of imide groups is 1. The molecule has 0 saturated carbocycles. The van der Waals surface area contributed by atoms with Crippen molar-refractivity contribution in [1.29, 1.82) is 0 Å². The lowest BCUT2D eigenvalue weighted by molar-refractivity contribution is -0.343. The van der Waals surface area contributed by atoms with Crippen LogP contribution in [0.1, 0.15) is 130 Å². The molecule has 0 spiro atoms. The number of benzene rings is 1. The van der Waals surface area contributed by atoms with Crippen LogP contribution in [0.2, 0.25) is 0 Å². The summed E-state index contributed by atoms with van der Waals surface area (Å²) in [6.07, 6.45) is 0.345. The molecule has 37 heteroatoms. The van der Waals surface area contributed by atoms with Crippen molar-refractivity contribution in [3.8, 4) is 10.4 Å². The standard InChI is InChI=1S/C52H61BF2N8O20P2S4/c1-26-41-28(3)61(5)44(26)43(30-13-15-31(16-14-30)52(71)83-63-37(65)17-18-38(63)66)45-27(2)42(29(4)62(45)53(54)55)47-33(23-40(87-47)85(75,76)77)49(68)57-20-10-7-11-21-58-50(69)34(24-88(78)79)60-51(70)35(25-89(80,81)82)59-36(64)12-8-6-9-19-56-48(67)32-22-39(84(72,73)74)86-46(32)41/h13-16,22-23,34-35,88H,6-12,17-21,24-25H2,1-5H3,(H9-,56,57,58,59,60,64,67,68,69,70,72,73,74,75,76,77,80,81,82)/p+1. The maximum Gasteiger partial charge on any atom is 0.934 e. The van der Waals surface area contributed by atoms with Crippen LogP contribution in [-0.4, -0.2) is 159 Å². The molecule has 1 aromatic carbocycles. The van der Waals surface area contributed by atoms with E-state index in [0.29, 0.717) is 37.9 Å². The Morgan fingerprint density at radius 3 is 1.80 bits per heavy atom. The van der Waals surface area contributed by atoms with E-state index in [-0.39, 0.29) is 154 Å². The number of thiophene rings is 2. The summed E-state index contributed by atoms with van der Waals surface area (Å²) in [6, 6.07) is 3.31. The monoisotopic (exact) mass is 1360 g/mol. The van der Waals surface area contributed by atoms with Crippen LogP contribution in [-0.2, 0) is 65.8 Å². The molecule has 1 saturated heterocycles. The van der Waals surface area contributed by atoms with Gasteiger partial charge in [0.15, 0.2) is 11.4 Å². The van der Waals surface area contributed by atoms with E-state index < -0.39 is 124 Å². The number of aromatic nitrogens is 1. The number of hydroxylamine groups is 2. The van der Waals surface area contributed by atoms with Crippen molar-refractivity contribution in [2.24, 2.45) is 7.05 Å². The largest absolute Gasteiger partial charge is 0.934 e. The lowest BCUT2D eigenvalue weighted by Gasteiger charge is -2.21. The lowest BCUT2D eigenvalue weighted by Crippen LogP contribution is -2.56. The number of nitrogens with one attached hydrogen (secondary N) is 5. The number of fused-ring (bicyclic) bond motifs is 7. The van der Waals surface area contributed by atoms with Gasteiger partial charge in [-0.15, -0.1) is 27.7 Å². The van der Waals surface area contributed by atoms with Crippen molar-refractivity contribution < 1.29 is 106 Å². The highest BCUT2D eigenvalue weighted by atomic mass is 32.2. The predicted octanol–water partition coefficient (Wildman–Crippen LogP) is 1.69. The van der Waals surface area contributed by atoms with Gasteiger partial charge in [-0.3, -0.25) is 47.2 Å². The Hall–Kier alpha value is -6.91. The van der Waals surface area contributed by atoms with E-state index in [1.54, 1.807) is 25.5 Å². The molecule has 10 N–H and O–H groups in total. The maximum absolute atomic E-state index is 16.2. The molecule has 2 atom stereocenters. The Kier molecular flexibility index (Phi) is 22.3. The van der Waals surface area contributed by atoms with Crippen LogP contribution in [0, 0.1) is 13.8 Å². The highest BCUT2D eigenvalue weighted by Crippen LogP contribution is 2.49. The molecule has 0 radical (unpaired) electrons. The summed E-state index contributed by atoms with van der Waals surface area (Å²) in [6.45, 7) is 5.56. The van der Waals surface area contributed by atoms with Crippen molar-refractivity contribution in [3.05, 3.63) is 91.8 Å². The van der Waals surface area contributed by atoms with Gasteiger partial charge in [0.25, 0.3) is 33.7 Å². The summed E-state index contributed by atoms with van der Waals surface area (Å²) in [5.74, 6) is -9.95. The first-order valence-electron chi connectivity index (χ1n) is 27.2. The van der Waals surface area contributed by atoms with Gasteiger partial charge >= 0.3 is 28.6 Å². The molecule has 0 aliphatic carbocycles. The van der Waals surface area contributed by atoms with Crippen LogP contribution < -0.4 is 35.8 Å². The van der Waals surface area contributed by atoms with Crippen LogP contribution >= 0.6 is 37.9 Å². The van der Waals surface area contributed by atoms with Crippen LogP contribution in [0.5, 0.6) is 0 Å². The quantitative estimate of drug-likeness (QED) is 0.0354. The molecule has 3 aliphatic rings. The Labute approximate surface area is 517 Å². The number of thiol groups is 1. The molecule has 4 bridgehead atoms. The zero-order valence-electron chi connectivity index (χ0n) is 48.1. The minimum absolute atomic E-state index is 0.00783. The number of halogens is 2. The van der Waals surface area contributed by atoms with Gasteiger partial charge in [0, 0.05) is 69.7 Å². The fraction of sp³-hybridized carbons (Fsp3) is 0.404. The molecule has 480 valence electrons. The van der Waals surface area contributed by atoms with Gasteiger partial charge in [0.1, 0.15) is 37.8 Å². The van der Waals surface area contributed by atoms with Gasteiger partial charge in [-0.25, -0.2) is 26.3 Å². The summed E-state index contributed by atoms with van der Waals surface area (Å²) in [5.41, 5.74) is -0.139. The molecular formula is C52H62BF2N8O20P2S4+. The Morgan fingerprint density at radius 2 is 1.27 bits per heavy atom. The molecule has 89 heavy (non-hydrogen) atoms. The molecular weight excluding hydrogens is 1300 g/mol. The number of nitrogens with zero attached hydrogens (tertiary/aromatic N) is 3. The maximum atomic E-state index is 16.2. The van der Waals surface area contributed by atoms with E-state index in [9.17, 15) is 88.4 Å². The predicted molar refractivity (Wildman–Crippen MR) is 322 cm³/mol. The third-order valence-corrected chi connectivity index (χ3v) is 21.3. The number of rotatable bonds is 10. The second-order valence-electron chi connectivity index (χ2n) is 20.8. The molecule has 3 aromatic heterocycles. The first-order valence-corrected chi connectivity index (χ1v) is 35.1. The minimum Gasteiger partial charge on any atom is -0.354 e. The fourth-order valence-electron chi connectivity index (χ4n) is 10.3. The average molecular weight is 1360 g/mol. The molecule has 6 heterocycles. The third-order valence-electron chi connectivity index (χ3n) is 14.6. The molecule has 28 nitrogen and oxygen atoms in total. The Balaban J connectivity index is 1.38. The summed E-state index contributed by atoms with van der Waals surface area (Å²) in [5, 5.41) is 12.4. The topological polar surface area (TPSA) is 421 Å². The van der Waals surface area contributed by atoms with E-state index in [2.05, 4.69) is 26.6 Å². The number of hydrogen-bond acceptors (Lipinski definition) is 17. The number of carbonyl (C=O) groups is 8. The van der Waals surface area contributed by atoms with Gasteiger partial charge < -0.3 is 55.6 Å². The zero-order chi connectivity index (χ0) is 65.8. The first kappa shape index (κ1) is 69.6. The highest BCUT2D eigenvalue weighted by molar-refractivity contribution is 7.85.